The van der Waals surface area contributed by atoms with Crippen molar-refractivity contribution in [3.05, 3.63) is 34.9 Å². The molecule has 0 N–H and O–H groups in total. The quantitative estimate of drug-likeness (QED) is 0.511. The van der Waals surface area contributed by atoms with Crippen molar-refractivity contribution in [1.82, 2.24) is 4.90 Å². The number of methoxy groups -OCH3 is 1. The Balaban J connectivity index is 2.68. The maximum atomic E-state index is 12.6. The molecule has 6 heteroatoms. The number of benzene rings is 1. The van der Waals surface area contributed by atoms with Gasteiger partial charge in [0.05, 0.1) is 19.6 Å². The molecular weight excluding hydrogens is 318 g/mol. The fourth-order valence-electron chi connectivity index (χ4n) is 2.02. The summed E-state index contributed by atoms with van der Waals surface area (Å²) in [6.45, 7) is 5.31. The van der Waals surface area contributed by atoms with Gasteiger partial charge in [0.15, 0.2) is 0 Å². The lowest BCUT2D eigenvalue weighted by molar-refractivity contribution is -0.140. The highest BCUT2D eigenvalue weighted by Gasteiger charge is 2.17. The standard InChI is InChI=1S/C17H24ClNO4/c1-13(2)23-11-5-9-19(10-8-16(20)22-3)17(21)14-6-4-7-15(18)12-14/h4,6-7,12-13H,5,8-11H2,1-3H3. The molecule has 128 valence electrons. The fraction of sp³-hybridized carbons (Fsp3) is 0.529. The van der Waals surface area contributed by atoms with Crippen LogP contribution < -0.4 is 0 Å². The lowest BCUT2D eigenvalue weighted by atomic mass is 10.2. The van der Waals surface area contributed by atoms with Crippen molar-refractivity contribution in [3.63, 3.8) is 0 Å². The lowest BCUT2D eigenvalue weighted by Gasteiger charge is -2.22. The van der Waals surface area contributed by atoms with Crippen molar-refractivity contribution in [3.8, 4) is 0 Å². The van der Waals surface area contributed by atoms with Crippen LogP contribution in [0, 0.1) is 0 Å². The Bertz CT molecular complexity index is 519. The second-order valence-electron chi connectivity index (χ2n) is 5.40. The summed E-state index contributed by atoms with van der Waals surface area (Å²) in [5.41, 5.74) is 0.507. The molecule has 1 aromatic carbocycles. The summed E-state index contributed by atoms with van der Waals surface area (Å²) in [7, 11) is 1.34. The van der Waals surface area contributed by atoms with Crippen molar-refractivity contribution in [2.24, 2.45) is 0 Å². The minimum atomic E-state index is -0.340. The lowest BCUT2D eigenvalue weighted by Crippen LogP contribution is -2.34. The number of hydrogen-bond donors (Lipinski definition) is 0. The van der Waals surface area contributed by atoms with Crippen LogP contribution in [0.2, 0.25) is 5.02 Å². The third kappa shape index (κ3) is 7.48. The molecule has 0 radical (unpaired) electrons. The normalized spacial score (nSPS) is 10.7. The van der Waals surface area contributed by atoms with Gasteiger partial charge < -0.3 is 14.4 Å². The molecule has 1 aromatic rings. The Morgan fingerprint density at radius 1 is 1.26 bits per heavy atom. The first kappa shape index (κ1) is 19.5. The van der Waals surface area contributed by atoms with Crippen molar-refractivity contribution in [1.29, 1.82) is 0 Å². The summed E-state index contributed by atoms with van der Waals surface area (Å²) in [5, 5.41) is 0.506. The molecule has 23 heavy (non-hydrogen) atoms. The van der Waals surface area contributed by atoms with Gasteiger partial charge in [-0.2, -0.15) is 0 Å². The van der Waals surface area contributed by atoms with Crippen LogP contribution in [0.5, 0.6) is 0 Å². The largest absolute Gasteiger partial charge is 0.469 e. The minimum absolute atomic E-state index is 0.152. The van der Waals surface area contributed by atoms with Gasteiger partial charge in [-0.1, -0.05) is 17.7 Å². The number of carbonyl (C=O) groups excluding carboxylic acids is 2. The van der Waals surface area contributed by atoms with E-state index in [0.717, 1.165) is 0 Å². The van der Waals surface area contributed by atoms with Gasteiger partial charge >= 0.3 is 5.97 Å². The second-order valence-corrected chi connectivity index (χ2v) is 5.84. The molecule has 0 aliphatic rings. The molecule has 0 saturated heterocycles. The van der Waals surface area contributed by atoms with Crippen LogP contribution in [-0.4, -0.2) is 49.7 Å². The van der Waals surface area contributed by atoms with Gasteiger partial charge in [0, 0.05) is 30.3 Å². The zero-order valence-electron chi connectivity index (χ0n) is 13.9. The van der Waals surface area contributed by atoms with Gasteiger partial charge in [-0.25, -0.2) is 0 Å². The number of ether oxygens (including phenoxy) is 2. The van der Waals surface area contributed by atoms with Gasteiger partial charge in [0.25, 0.3) is 5.91 Å². The van der Waals surface area contributed by atoms with Gasteiger partial charge in [-0.3, -0.25) is 9.59 Å². The van der Waals surface area contributed by atoms with Gasteiger partial charge in [0.1, 0.15) is 0 Å². The average molecular weight is 342 g/mol. The Morgan fingerprint density at radius 3 is 2.61 bits per heavy atom. The highest BCUT2D eigenvalue weighted by molar-refractivity contribution is 6.30. The van der Waals surface area contributed by atoms with Crippen LogP contribution in [-0.2, 0) is 14.3 Å². The van der Waals surface area contributed by atoms with E-state index in [4.69, 9.17) is 16.3 Å². The predicted molar refractivity (Wildman–Crippen MR) is 89.7 cm³/mol. The molecule has 5 nitrogen and oxygen atoms in total. The molecule has 0 fully saturated rings. The van der Waals surface area contributed by atoms with E-state index in [-0.39, 0.29) is 24.4 Å². The van der Waals surface area contributed by atoms with Gasteiger partial charge in [-0.05, 0) is 38.5 Å². The molecule has 0 saturated carbocycles. The molecule has 0 atom stereocenters. The molecular formula is C17H24ClNO4. The van der Waals surface area contributed by atoms with Crippen LogP contribution in [0.4, 0.5) is 0 Å². The first-order valence-electron chi connectivity index (χ1n) is 7.67. The van der Waals surface area contributed by atoms with Crippen molar-refractivity contribution >= 4 is 23.5 Å². The summed E-state index contributed by atoms with van der Waals surface area (Å²) >= 11 is 5.94. The summed E-state index contributed by atoms with van der Waals surface area (Å²) in [5.74, 6) is -0.492. The second kappa shape index (κ2) is 10.2. The molecule has 0 heterocycles. The number of rotatable bonds is 9. The van der Waals surface area contributed by atoms with Crippen LogP contribution in [0.1, 0.15) is 37.0 Å². The summed E-state index contributed by atoms with van der Waals surface area (Å²) in [6.07, 6.45) is 1.02. The zero-order chi connectivity index (χ0) is 17.2. The monoisotopic (exact) mass is 341 g/mol. The molecule has 1 rings (SSSR count). The zero-order valence-corrected chi connectivity index (χ0v) is 14.6. The Kier molecular flexibility index (Phi) is 8.66. The summed E-state index contributed by atoms with van der Waals surface area (Å²) in [6, 6.07) is 6.78. The highest BCUT2D eigenvalue weighted by Crippen LogP contribution is 2.13. The molecule has 0 aliphatic heterocycles. The number of nitrogens with zero attached hydrogens (tertiary/aromatic N) is 1. The smallest absolute Gasteiger partial charge is 0.307 e. The predicted octanol–water partition coefficient (Wildman–Crippen LogP) is 3.16. The Hall–Kier alpha value is -1.59. The summed E-state index contributed by atoms with van der Waals surface area (Å²) in [4.78, 5) is 25.6. The number of halogens is 1. The number of hydrogen-bond acceptors (Lipinski definition) is 4. The van der Waals surface area contributed by atoms with E-state index < -0.39 is 0 Å². The van der Waals surface area contributed by atoms with E-state index in [2.05, 4.69) is 4.74 Å². The number of carbonyl (C=O) groups is 2. The number of amides is 1. The van der Waals surface area contributed by atoms with Crippen LogP contribution in [0.3, 0.4) is 0 Å². The average Bonchev–Trinajstić information content (AvgIpc) is 2.52. The first-order chi connectivity index (χ1) is 10.9. The number of esters is 1. The maximum Gasteiger partial charge on any atom is 0.307 e. The van der Waals surface area contributed by atoms with E-state index >= 15 is 0 Å². The maximum absolute atomic E-state index is 12.6. The molecule has 1 amide bonds. The first-order valence-corrected chi connectivity index (χ1v) is 8.05. The van der Waals surface area contributed by atoms with E-state index in [9.17, 15) is 9.59 Å². The Labute approximate surface area is 142 Å². The van der Waals surface area contributed by atoms with Crippen LogP contribution in [0.25, 0.3) is 0 Å². The fourth-order valence-corrected chi connectivity index (χ4v) is 2.21. The van der Waals surface area contributed by atoms with E-state index in [0.29, 0.717) is 36.7 Å². The van der Waals surface area contributed by atoms with Crippen molar-refractivity contribution in [2.75, 3.05) is 26.8 Å². The SMILES string of the molecule is COC(=O)CCN(CCCOC(C)C)C(=O)c1cccc(Cl)c1. The topological polar surface area (TPSA) is 55.8 Å². The highest BCUT2D eigenvalue weighted by atomic mass is 35.5. The van der Waals surface area contributed by atoms with E-state index in [1.165, 1.54) is 7.11 Å². The third-order valence-electron chi connectivity index (χ3n) is 3.20. The molecule has 0 unspecified atom stereocenters. The van der Waals surface area contributed by atoms with Crippen molar-refractivity contribution in [2.45, 2.75) is 32.8 Å². The van der Waals surface area contributed by atoms with Gasteiger partial charge in [0.2, 0.25) is 0 Å². The summed E-state index contributed by atoms with van der Waals surface area (Å²) < 4.78 is 10.1. The molecule has 0 spiro atoms. The molecule has 0 aromatic heterocycles. The molecule has 0 aliphatic carbocycles. The minimum Gasteiger partial charge on any atom is -0.469 e. The van der Waals surface area contributed by atoms with Crippen molar-refractivity contribution < 1.29 is 19.1 Å². The Morgan fingerprint density at radius 2 is 2.00 bits per heavy atom. The van der Waals surface area contributed by atoms with Crippen LogP contribution in [0.15, 0.2) is 24.3 Å². The van der Waals surface area contributed by atoms with Gasteiger partial charge in [-0.15, -0.1) is 0 Å². The molecule has 0 bridgehead atoms. The van der Waals surface area contributed by atoms with E-state index in [1.54, 1.807) is 29.2 Å². The van der Waals surface area contributed by atoms with E-state index in [1.807, 2.05) is 13.8 Å². The third-order valence-corrected chi connectivity index (χ3v) is 3.43. The van der Waals surface area contributed by atoms with Crippen LogP contribution >= 0.6 is 11.6 Å².